The van der Waals surface area contributed by atoms with Gasteiger partial charge in [-0.05, 0) is 31.0 Å². The summed E-state index contributed by atoms with van der Waals surface area (Å²) in [5, 5.41) is 0. The zero-order chi connectivity index (χ0) is 9.68. The third kappa shape index (κ3) is 3.34. The normalized spacial score (nSPS) is 12.5. The molecule has 3 nitrogen and oxygen atoms in total. The van der Waals surface area contributed by atoms with Crippen molar-refractivity contribution in [2.45, 2.75) is 25.8 Å². The van der Waals surface area contributed by atoms with E-state index in [9.17, 15) is 4.79 Å². The molecule has 0 aliphatic carbocycles. The first-order valence-corrected chi connectivity index (χ1v) is 4.35. The number of carbonyl (C=O) groups excluding carboxylic acids is 1. The van der Waals surface area contributed by atoms with Gasteiger partial charge in [-0.2, -0.15) is 0 Å². The first kappa shape index (κ1) is 9.86. The third-order valence-electron chi connectivity index (χ3n) is 1.94. The average molecular weight is 178 g/mol. The second-order valence-electron chi connectivity index (χ2n) is 3.13. The van der Waals surface area contributed by atoms with E-state index in [1.54, 1.807) is 19.3 Å². The van der Waals surface area contributed by atoms with Crippen LogP contribution in [0.5, 0.6) is 0 Å². The molecule has 1 rings (SSSR count). The molecule has 13 heavy (non-hydrogen) atoms. The Morgan fingerprint density at radius 3 is 2.69 bits per heavy atom. The van der Waals surface area contributed by atoms with Gasteiger partial charge in [-0.15, -0.1) is 0 Å². The lowest BCUT2D eigenvalue weighted by Crippen LogP contribution is -2.11. The summed E-state index contributed by atoms with van der Waals surface area (Å²) in [4.78, 5) is 14.6. The van der Waals surface area contributed by atoms with E-state index in [1.165, 1.54) is 0 Å². The number of rotatable bonds is 4. The van der Waals surface area contributed by atoms with Crippen LogP contribution in [0.15, 0.2) is 24.5 Å². The number of Topliss-reactive ketones (excluding diaryl/α,β-unsaturated/α-hetero) is 1. The summed E-state index contributed by atoms with van der Waals surface area (Å²) in [5.41, 5.74) is 6.90. The van der Waals surface area contributed by atoms with Gasteiger partial charge in [0.25, 0.3) is 0 Å². The lowest BCUT2D eigenvalue weighted by Gasteiger charge is -2.09. The van der Waals surface area contributed by atoms with Crippen LogP contribution in [0.4, 0.5) is 0 Å². The van der Waals surface area contributed by atoms with E-state index in [0.717, 1.165) is 5.56 Å². The van der Waals surface area contributed by atoms with Crippen LogP contribution in [0.3, 0.4) is 0 Å². The minimum absolute atomic E-state index is 0.0492. The molecule has 0 radical (unpaired) electrons. The Morgan fingerprint density at radius 1 is 1.54 bits per heavy atom. The van der Waals surface area contributed by atoms with Gasteiger partial charge in [0.1, 0.15) is 5.78 Å². The highest BCUT2D eigenvalue weighted by molar-refractivity contribution is 5.75. The lowest BCUT2D eigenvalue weighted by molar-refractivity contribution is -0.117. The minimum Gasteiger partial charge on any atom is -0.324 e. The first-order valence-electron chi connectivity index (χ1n) is 4.35. The van der Waals surface area contributed by atoms with Crippen LogP contribution < -0.4 is 5.73 Å². The van der Waals surface area contributed by atoms with Gasteiger partial charge in [0, 0.05) is 24.9 Å². The Labute approximate surface area is 78.0 Å². The highest BCUT2D eigenvalue weighted by atomic mass is 16.1. The molecule has 1 aromatic heterocycles. The Kier molecular flexibility index (Phi) is 3.58. The van der Waals surface area contributed by atoms with E-state index in [0.29, 0.717) is 12.8 Å². The molecule has 1 aromatic rings. The topological polar surface area (TPSA) is 56.0 Å². The fourth-order valence-electron chi connectivity index (χ4n) is 1.14. The molecule has 0 saturated heterocycles. The van der Waals surface area contributed by atoms with Crippen molar-refractivity contribution >= 4 is 5.78 Å². The fraction of sp³-hybridized carbons (Fsp3) is 0.400. The van der Waals surface area contributed by atoms with Crippen molar-refractivity contribution in [1.29, 1.82) is 0 Å². The molecular weight excluding hydrogens is 164 g/mol. The summed E-state index contributed by atoms with van der Waals surface area (Å²) in [6.07, 6.45) is 4.68. The van der Waals surface area contributed by atoms with Gasteiger partial charge in [0.2, 0.25) is 0 Å². The van der Waals surface area contributed by atoms with E-state index in [4.69, 9.17) is 5.73 Å². The summed E-state index contributed by atoms with van der Waals surface area (Å²) in [7, 11) is 0. The number of nitrogens with zero attached hydrogens (tertiary/aromatic N) is 1. The van der Waals surface area contributed by atoms with Crippen molar-refractivity contribution in [2.75, 3.05) is 0 Å². The number of hydrogen-bond donors (Lipinski definition) is 1. The number of pyridine rings is 1. The molecule has 0 fully saturated rings. The molecule has 1 heterocycles. The number of carbonyl (C=O) groups is 1. The molecule has 1 unspecified atom stereocenters. The van der Waals surface area contributed by atoms with Crippen LogP contribution in [0.2, 0.25) is 0 Å². The lowest BCUT2D eigenvalue weighted by atomic mass is 10.0. The standard InChI is InChI=1S/C10H14N2O/c1-8(13)2-3-10(11)9-4-6-12-7-5-9/h4-7,10H,2-3,11H2,1H3. The summed E-state index contributed by atoms with van der Waals surface area (Å²) >= 11 is 0. The van der Waals surface area contributed by atoms with E-state index in [2.05, 4.69) is 4.98 Å². The van der Waals surface area contributed by atoms with E-state index in [1.807, 2.05) is 12.1 Å². The van der Waals surface area contributed by atoms with Crippen LogP contribution >= 0.6 is 0 Å². The SMILES string of the molecule is CC(=O)CCC(N)c1ccncc1. The predicted molar refractivity (Wildman–Crippen MR) is 51.1 cm³/mol. The van der Waals surface area contributed by atoms with Crippen molar-refractivity contribution in [1.82, 2.24) is 4.98 Å². The predicted octanol–water partition coefficient (Wildman–Crippen LogP) is 1.45. The van der Waals surface area contributed by atoms with Gasteiger partial charge in [-0.25, -0.2) is 0 Å². The first-order chi connectivity index (χ1) is 6.20. The molecule has 0 aromatic carbocycles. The van der Waals surface area contributed by atoms with Gasteiger partial charge in [-0.3, -0.25) is 4.98 Å². The molecule has 2 N–H and O–H groups in total. The van der Waals surface area contributed by atoms with Gasteiger partial charge in [0.05, 0.1) is 0 Å². The van der Waals surface area contributed by atoms with Crippen molar-refractivity contribution in [3.63, 3.8) is 0 Å². The third-order valence-corrected chi connectivity index (χ3v) is 1.94. The monoisotopic (exact) mass is 178 g/mol. The second kappa shape index (κ2) is 4.72. The molecule has 0 saturated carbocycles. The van der Waals surface area contributed by atoms with Crippen LogP contribution in [0, 0.1) is 0 Å². The Morgan fingerprint density at radius 2 is 2.15 bits per heavy atom. The van der Waals surface area contributed by atoms with E-state index < -0.39 is 0 Å². The fourth-order valence-corrected chi connectivity index (χ4v) is 1.14. The highest BCUT2D eigenvalue weighted by Crippen LogP contribution is 2.14. The molecule has 3 heteroatoms. The van der Waals surface area contributed by atoms with Crippen molar-refractivity contribution in [2.24, 2.45) is 5.73 Å². The van der Waals surface area contributed by atoms with Gasteiger partial charge in [-0.1, -0.05) is 0 Å². The minimum atomic E-state index is -0.0492. The van der Waals surface area contributed by atoms with Crippen molar-refractivity contribution < 1.29 is 4.79 Å². The van der Waals surface area contributed by atoms with Crippen LogP contribution in [-0.2, 0) is 4.79 Å². The molecular formula is C10H14N2O. The van der Waals surface area contributed by atoms with Gasteiger partial charge >= 0.3 is 0 Å². The molecule has 70 valence electrons. The van der Waals surface area contributed by atoms with Crippen molar-refractivity contribution in [3.8, 4) is 0 Å². The van der Waals surface area contributed by atoms with E-state index >= 15 is 0 Å². The number of aromatic nitrogens is 1. The molecule has 0 bridgehead atoms. The smallest absolute Gasteiger partial charge is 0.129 e. The second-order valence-corrected chi connectivity index (χ2v) is 3.13. The quantitative estimate of drug-likeness (QED) is 0.759. The molecule has 0 amide bonds. The number of ketones is 1. The summed E-state index contributed by atoms with van der Waals surface area (Å²) in [6.45, 7) is 1.58. The molecule has 1 atom stereocenters. The largest absolute Gasteiger partial charge is 0.324 e. The highest BCUT2D eigenvalue weighted by Gasteiger charge is 2.05. The molecule has 0 aliphatic rings. The van der Waals surface area contributed by atoms with Gasteiger partial charge in [0.15, 0.2) is 0 Å². The zero-order valence-corrected chi connectivity index (χ0v) is 7.73. The maximum atomic E-state index is 10.7. The Balaban J connectivity index is 2.49. The van der Waals surface area contributed by atoms with Crippen LogP contribution in [-0.4, -0.2) is 10.8 Å². The maximum Gasteiger partial charge on any atom is 0.129 e. The van der Waals surface area contributed by atoms with Crippen LogP contribution in [0.1, 0.15) is 31.4 Å². The Bertz CT molecular complexity index is 272. The zero-order valence-electron chi connectivity index (χ0n) is 7.73. The number of nitrogens with two attached hydrogens (primary N) is 1. The summed E-state index contributed by atoms with van der Waals surface area (Å²) in [6, 6.07) is 3.71. The van der Waals surface area contributed by atoms with Gasteiger partial charge < -0.3 is 10.5 Å². The summed E-state index contributed by atoms with van der Waals surface area (Å²) in [5.74, 6) is 0.185. The van der Waals surface area contributed by atoms with E-state index in [-0.39, 0.29) is 11.8 Å². The number of hydrogen-bond acceptors (Lipinski definition) is 3. The summed E-state index contributed by atoms with van der Waals surface area (Å²) < 4.78 is 0. The molecule has 0 spiro atoms. The molecule has 0 aliphatic heterocycles. The van der Waals surface area contributed by atoms with Crippen molar-refractivity contribution in [3.05, 3.63) is 30.1 Å². The average Bonchev–Trinajstić information content (AvgIpc) is 2.15. The maximum absolute atomic E-state index is 10.7. The van der Waals surface area contributed by atoms with Crippen LogP contribution in [0.25, 0.3) is 0 Å². The Hall–Kier alpha value is -1.22.